The molecule has 1 aromatic carbocycles. The van der Waals surface area contributed by atoms with Crippen molar-refractivity contribution in [1.29, 1.82) is 0 Å². The molecule has 0 saturated heterocycles. The summed E-state index contributed by atoms with van der Waals surface area (Å²) in [6, 6.07) is 8.99. The minimum atomic E-state index is -0.446. The highest BCUT2D eigenvalue weighted by atomic mass is 79.9. The van der Waals surface area contributed by atoms with E-state index < -0.39 is 5.91 Å². The minimum absolute atomic E-state index is 0.195. The number of benzene rings is 1. The Morgan fingerprint density at radius 1 is 1.37 bits per heavy atom. The second-order valence-electron chi connectivity index (χ2n) is 3.71. The van der Waals surface area contributed by atoms with Crippen molar-refractivity contribution in [1.82, 2.24) is 5.43 Å². The van der Waals surface area contributed by atoms with Gasteiger partial charge in [0.15, 0.2) is 5.76 Å². The molecule has 0 fully saturated rings. The Morgan fingerprint density at radius 3 is 2.89 bits per heavy atom. The number of furan rings is 1. The van der Waals surface area contributed by atoms with Crippen LogP contribution in [0.25, 0.3) is 0 Å². The van der Waals surface area contributed by atoms with E-state index >= 15 is 0 Å². The van der Waals surface area contributed by atoms with Gasteiger partial charge < -0.3 is 10.2 Å². The summed E-state index contributed by atoms with van der Waals surface area (Å²) in [6.45, 7) is 0. The molecule has 0 radical (unpaired) electrons. The fraction of sp³-hybridized carbons (Fsp3) is 0.0833. The molecule has 5 nitrogen and oxygen atoms in total. The molecular weight excluding hydrogens is 330 g/mol. The van der Waals surface area contributed by atoms with E-state index in [-0.39, 0.29) is 5.76 Å². The number of hydrogen-bond donors (Lipinski definition) is 3. The smallest absolute Gasteiger partial charge is 0.300 e. The molecule has 7 heteroatoms. The van der Waals surface area contributed by atoms with Crippen LogP contribution in [0.5, 0.6) is 0 Å². The van der Waals surface area contributed by atoms with Crippen LogP contribution < -0.4 is 17.0 Å². The van der Waals surface area contributed by atoms with Crippen LogP contribution in [0.1, 0.15) is 16.3 Å². The first-order valence-electron chi connectivity index (χ1n) is 5.37. The molecule has 2 rings (SSSR count). The van der Waals surface area contributed by atoms with Gasteiger partial charge in [-0.2, -0.15) is 0 Å². The van der Waals surface area contributed by atoms with Crippen LogP contribution in [0.4, 0.5) is 5.69 Å². The highest BCUT2D eigenvalue weighted by Crippen LogP contribution is 2.31. The summed E-state index contributed by atoms with van der Waals surface area (Å²) in [4.78, 5) is 12.2. The van der Waals surface area contributed by atoms with Crippen LogP contribution in [0.2, 0.25) is 0 Å². The van der Waals surface area contributed by atoms with E-state index in [2.05, 4.69) is 15.9 Å². The molecule has 0 aliphatic carbocycles. The number of nitrogens with two attached hydrogens (primary N) is 2. The fourth-order valence-electron chi connectivity index (χ4n) is 1.43. The maximum absolute atomic E-state index is 11.2. The molecule has 0 unspecified atom stereocenters. The van der Waals surface area contributed by atoms with E-state index in [1.165, 1.54) is 11.8 Å². The molecule has 2 aromatic rings. The molecule has 0 atom stereocenters. The standard InChI is InChI=1S/C12H12BrN3O2S/c13-7-1-3-9(14)11(5-7)19-6-8-2-4-10(18-8)12(17)16-15/h1-5H,6,14-15H2,(H,16,17). The molecule has 0 bridgehead atoms. The maximum Gasteiger partial charge on any atom is 0.300 e. The molecule has 0 saturated carbocycles. The van der Waals surface area contributed by atoms with Crippen molar-refractivity contribution in [3.8, 4) is 0 Å². The largest absolute Gasteiger partial charge is 0.455 e. The van der Waals surface area contributed by atoms with Gasteiger partial charge in [-0.1, -0.05) is 15.9 Å². The molecule has 5 N–H and O–H groups in total. The monoisotopic (exact) mass is 341 g/mol. The molecule has 1 amide bonds. The molecule has 1 aromatic heterocycles. The zero-order valence-corrected chi connectivity index (χ0v) is 12.3. The molecule has 100 valence electrons. The zero-order chi connectivity index (χ0) is 13.8. The summed E-state index contributed by atoms with van der Waals surface area (Å²) >= 11 is 4.93. The first-order valence-corrected chi connectivity index (χ1v) is 7.15. The van der Waals surface area contributed by atoms with Crippen molar-refractivity contribution in [2.24, 2.45) is 5.84 Å². The Morgan fingerprint density at radius 2 is 2.16 bits per heavy atom. The Kier molecular flexibility index (Phi) is 4.52. The maximum atomic E-state index is 11.2. The van der Waals surface area contributed by atoms with Gasteiger partial charge in [0, 0.05) is 15.1 Å². The number of nitrogens with one attached hydrogen (secondary N) is 1. The normalized spacial score (nSPS) is 10.4. The predicted octanol–water partition coefficient (Wildman–Crippen LogP) is 2.52. The summed E-state index contributed by atoms with van der Waals surface area (Å²) < 4.78 is 6.33. The number of thioether (sulfide) groups is 1. The van der Waals surface area contributed by atoms with Crippen molar-refractivity contribution in [3.05, 3.63) is 46.3 Å². The lowest BCUT2D eigenvalue weighted by atomic mass is 10.3. The van der Waals surface area contributed by atoms with Crippen LogP contribution in [0.3, 0.4) is 0 Å². The van der Waals surface area contributed by atoms with Gasteiger partial charge in [-0.15, -0.1) is 11.8 Å². The average molecular weight is 342 g/mol. The van der Waals surface area contributed by atoms with Gasteiger partial charge >= 0.3 is 5.91 Å². The second-order valence-corrected chi connectivity index (χ2v) is 5.64. The van der Waals surface area contributed by atoms with Gasteiger partial charge in [0.25, 0.3) is 0 Å². The summed E-state index contributed by atoms with van der Waals surface area (Å²) in [5, 5.41) is 0. The van der Waals surface area contributed by atoms with E-state index in [0.29, 0.717) is 17.2 Å². The van der Waals surface area contributed by atoms with E-state index in [9.17, 15) is 4.79 Å². The molecule has 0 spiro atoms. The second kappa shape index (κ2) is 6.14. The highest BCUT2D eigenvalue weighted by Gasteiger charge is 2.10. The average Bonchev–Trinajstić information content (AvgIpc) is 2.88. The van der Waals surface area contributed by atoms with Crippen LogP contribution in [-0.2, 0) is 5.75 Å². The number of anilines is 1. The summed E-state index contributed by atoms with van der Waals surface area (Å²) in [7, 11) is 0. The van der Waals surface area contributed by atoms with E-state index in [1.54, 1.807) is 12.1 Å². The van der Waals surface area contributed by atoms with Gasteiger partial charge in [0.2, 0.25) is 0 Å². The molecule has 1 heterocycles. The Hall–Kier alpha value is -1.44. The molecule has 0 aliphatic rings. The lowest BCUT2D eigenvalue weighted by molar-refractivity contribution is 0.0924. The number of halogens is 1. The van der Waals surface area contributed by atoms with Crippen LogP contribution >= 0.6 is 27.7 Å². The number of nitrogen functional groups attached to an aromatic ring is 2. The number of carbonyl (C=O) groups is 1. The SMILES string of the molecule is NNC(=O)c1ccc(CSc2cc(Br)ccc2N)o1. The van der Waals surface area contributed by atoms with E-state index in [1.807, 2.05) is 23.6 Å². The first kappa shape index (κ1) is 14.0. The number of hydrazine groups is 1. The Bertz CT molecular complexity index is 600. The molecule has 0 aliphatic heterocycles. The topological polar surface area (TPSA) is 94.3 Å². The van der Waals surface area contributed by atoms with Crippen molar-refractivity contribution in [2.45, 2.75) is 10.6 Å². The van der Waals surface area contributed by atoms with Crippen molar-refractivity contribution in [3.63, 3.8) is 0 Å². The third-order valence-electron chi connectivity index (χ3n) is 2.36. The molecule has 19 heavy (non-hydrogen) atoms. The third-order valence-corrected chi connectivity index (χ3v) is 3.95. The van der Waals surface area contributed by atoms with Gasteiger partial charge in [-0.25, -0.2) is 5.84 Å². The van der Waals surface area contributed by atoms with Crippen LogP contribution in [-0.4, -0.2) is 5.91 Å². The predicted molar refractivity (Wildman–Crippen MR) is 78.5 cm³/mol. The minimum Gasteiger partial charge on any atom is -0.455 e. The Labute approximate surface area is 122 Å². The number of carbonyl (C=O) groups excluding carboxylic acids is 1. The fourth-order valence-corrected chi connectivity index (χ4v) is 2.84. The summed E-state index contributed by atoms with van der Waals surface area (Å²) in [5.41, 5.74) is 8.60. The van der Waals surface area contributed by atoms with Crippen molar-refractivity contribution in [2.75, 3.05) is 5.73 Å². The first-order chi connectivity index (χ1) is 9.10. The number of rotatable bonds is 4. The quantitative estimate of drug-likeness (QED) is 0.261. The lowest BCUT2D eigenvalue weighted by Crippen LogP contribution is -2.29. The summed E-state index contributed by atoms with van der Waals surface area (Å²) in [5.74, 6) is 6.04. The number of amides is 1. The van der Waals surface area contributed by atoms with Crippen LogP contribution in [0, 0.1) is 0 Å². The summed E-state index contributed by atoms with van der Waals surface area (Å²) in [6.07, 6.45) is 0. The van der Waals surface area contributed by atoms with E-state index in [0.717, 1.165) is 9.37 Å². The van der Waals surface area contributed by atoms with E-state index in [4.69, 9.17) is 16.0 Å². The van der Waals surface area contributed by atoms with Crippen molar-refractivity contribution < 1.29 is 9.21 Å². The lowest BCUT2D eigenvalue weighted by Gasteiger charge is -2.04. The highest BCUT2D eigenvalue weighted by molar-refractivity contribution is 9.10. The third kappa shape index (κ3) is 3.52. The number of hydrogen-bond acceptors (Lipinski definition) is 5. The van der Waals surface area contributed by atoms with Gasteiger partial charge in [0.05, 0.1) is 5.75 Å². The molecular formula is C12H12BrN3O2S. The van der Waals surface area contributed by atoms with Crippen molar-refractivity contribution >= 4 is 39.3 Å². The van der Waals surface area contributed by atoms with Gasteiger partial charge in [-0.05, 0) is 30.3 Å². The van der Waals surface area contributed by atoms with Gasteiger partial charge in [-0.3, -0.25) is 10.2 Å². The Balaban J connectivity index is 2.04. The van der Waals surface area contributed by atoms with Crippen LogP contribution in [0.15, 0.2) is 44.1 Å². The zero-order valence-electron chi connectivity index (χ0n) is 9.85. The van der Waals surface area contributed by atoms with Gasteiger partial charge in [0.1, 0.15) is 5.76 Å².